The van der Waals surface area contributed by atoms with Gasteiger partial charge in [0.05, 0.1) is 11.6 Å². The van der Waals surface area contributed by atoms with E-state index in [1.165, 1.54) is 13.0 Å². The summed E-state index contributed by atoms with van der Waals surface area (Å²) >= 11 is 0. The Morgan fingerprint density at radius 3 is 2.67 bits per heavy atom. The minimum atomic E-state index is -1.39. The zero-order valence-corrected chi connectivity index (χ0v) is 13.0. The third kappa shape index (κ3) is 2.50. The molecule has 0 radical (unpaired) electrons. The van der Waals surface area contributed by atoms with Gasteiger partial charge in [0, 0.05) is 11.1 Å². The first kappa shape index (κ1) is 16.3. The number of fused-ring (bicyclic) bond motifs is 1. The van der Waals surface area contributed by atoms with E-state index in [-0.39, 0.29) is 28.5 Å². The van der Waals surface area contributed by atoms with E-state index in [0.29, 0.717) is 24.8 Å². The highest BCUT2D eigenvalue weighted by molar-refractivity contribution is 6.24. The second-order valence-electron chi connectivity index (χ2n) is 6.28. The van der Waals surface area contributed by atoms with Crippen LogP contribution >= 0.6 is 0 Å². The number of nitriles is 1. The zero-order valence-electron chi connectivity index (χ0n) is 13.0. The minimum absolute atomic E-state index is 0.0223. The molecule has 1 aromatic carbocycles. The van der Waals surface area contributed by atoms with Crippen molar-refractivity contribution in [3.8, 4) is 6.07 Å². The number of allylic oxidation sites excluding steroid dienone is 1. The minimum Gasteiger partial charge on any atom is -0.478 e. The Balaban J connectivity index is 2.27. The van der Waals surface area contributed by atoms with Gasteiger partial charge in [-0.2, -0.15) is 5.26 Å². The molecule has 0 spiro atoms. The average Bonchev–Trinajstić information content (AvgIpc) is 3.24. The SMILES string of the molecule is Cc1c(F)cc2c(c1C#N)C([C@@H]1C[C@@H]1F)CC/C=C(/C(=O)O)C2=O. The van der Waals surface area contributed by atoms with Crippen molar-refractivity contribution in [3.63, 3.8) is 0 Å². The van der Waals surface area contributed by atoms with E-state index in [0.717, 1.165) is 6.07 Å². The van der Waals surface area contributed by atoms with Crippen molar-refractivity contribution in [1.82, 2.24) is 0 Å². The molecule has 0 heterocycles. The standard InChI is InChI=1S/C18H15F2NO3/c1-8-13(7-21)16-9(11-5-15(11)20)3-2-4-10(18(23)24)17(22)12(16)6-14(8)19/h4,6,9,11,15H,2-3,5H2,1H3,(H,23,24)/b10-4+/t9?,11-,15-/m0/s1. The maximum absolute atomic E-state index is 14.2. The molecule has 0 amide bonds. The first-order valence-corrected chi connectivity index (χ1v) is 7.72. The smallest absolute Gasteiger partial charge is 0.339 e. The molecular weight excluding hydrogens is 316 g/mol. The number of hydrogen-bond donors (Lipinski definition) is 1. The van der Waals surface area contributed by atoms with Crippen LogP contribution < -0.4 is 0 Å². The maximum Gasteiger partial charge on any atom is 0.339 e. The summed E-state index contributed by atoms with van der Waals surface area (Å²) in [6.07, 6.45) is 1.36. The number of alkyl halides is 1. The molecule has 1 N–H and O–H groups in total. The molecule has 6 heteroatoms. The van der Waals surface area contributed by atoms with Gasteiger partial charge in [0.15, 0.2) is 5.78 Å². The number of carboxylic acids is 1. The Kier molecular flexibility index (Phi) is 3.96. The highest BCUT2D eigenvalue weighted by Crippen LogP contribution is 2.50. The second kappa shape index (κ2) is 5.82. The molecule has 24 heavy (non-hydrogen) atoms. The molecule has 1 fully saturated rings. The summed E-state index contributed by atoms with van der Waals surface area (Å²) in [5.41, 5.74) is -0.138. The molecule has 3 rings (SSSR count). The van der Waals surface area contributed by atoms with E-state index < -0.39 is 29.3 Å². The lowest BCUT2D eigenvalue weighted by Crippen LogP contribution is -2.21. The van der Waals surface area contributed by atoms with Crippen LogP contribution in [0, 0.1) is 30.0 Å². The summed E-state index contributed by atoms with van der Waals surface area (Å²) in [6.45, 7) is 1.43. The van der Waals surface area contributed by atoms with E-state index in [9.17, 15) is 28.7 Å². The van der Waals surface area contributed by atoms with Gasteiger partial charge in [-0.3, -0.25) is 4.79 Å². The van der Waals surface area contributed by atoms with Gasteiger partial charge in [0.2, 0.25) is 0 Å². The third-order valence-corrected chi connectivity index (χ3v) is 4.87. The maximum atomic E-state index is 14.2. The van der Waals surface area contributed by atoms with Gasteiger partial charge in [-0.1, -0.05) is 6.08 Å². The zero-order chi connectivity index (χ0) is 17.6. The van der Waals surface area contributed by atoms with Crippen LogP contribution in [0.3, 0.4) is 0 Å². The number of nitrogens with zero attached hydrogens (tertiary/aromatic N) is 1. The lowest BCUT2D eigenvalue weighted by atomic mass is 9.78. The van der Waals surface area contributed by atoms with Crippen LogP contribution in [-0.4, -0.2) is 23.0 Å². The first-order valence-electron chi connectivity index (χ1n) is 7.72. The lowest BCUT2D eigenvalue weighted by Gasteiger charge is -2.24. The molecule has 0 aliphatic heterocycles. The van der Waals surface area contributed by atoms with E-state index >= 15 is 0 Å². The lowest BCUT2D eigenvalue weighted by molar-refractivity contribution is -0.132. The Bertz CT molecular complexity index is 823. The topological polar surface area (TPSA) is 78.2 Å². The van der Waals surface area contributed by atoms with E-state index in [1.54, 1.807) is 0 Å². The average molecular weight is 331 g/mol. The number of ketones is 1. The molecule has 4 nitrogen and oxygen atoms in total. The van der Waals surface area contributed by atoms with Gasteiger partial charge < -0.3 is 5.11 Å². The van der Waals surface area contributed by atoms with E-state index in [2.05, 4.69) is 0 Å². The fourth-order valence-corrected chi connectivity index (χ4v) is 3.49. The van der Waals surface area contributed by atoms with Crippen LogP contribution in [-0.2, 0) is 4.79 Å². The van der Waals surface area contributed by atoms with Gasteiger partial charge in [-0.25, -0.2) is 13.6 Å². The molecule has 0 saturated heterocycles. The molecule has 0 aromatic heterocycles. The van der Waals surface area contributed by atoms with Gasteiger partial charge in [0.25, 0.3) is 0 Å². The quantitative estimate of drug-likeness (QED) is 0.842. The summed E-state index contributed by atoms with van der Waals surface area (Å²) in [5.74, 6) is -3.66. The van der Waals surface area contributed by atoms with Crippen LogP contribution in [0.1, 0.15) is 52.2 Å². The molecule has 2 aliphatic carbocycles. The van der Waals surface area contributed by atoms with Crippen molar-refractivity contribution >= 4 is 11.8 Å². The summed E-state index contributed by atoms with van der Waals surface area (Å²) in [6, 6.07) is 2.91. The Hall–Kier alpha value is -2.55. The van der Waals surface area contributed by atoms with Gasteiger partial charge in [-0.15, -0.1) is 0 Å². The first-order chi connectivity index (χ1) is 11.4. The highest BCUT2D eigenvalue weighted by atomic mass is 19.1. The summed E-state index contributed by atoms with van der Waals surface area (Å²) < 4.78 is 27.8. The third-order valence-electron chi connectivity index (χ3n) is 4.87. The largest absolute Gasteiger partial charge is 0.478 e. The Labute approximate surface area is 137 Å². The number of hydrogen-bond acceptors (Lipinski definition) is 3. The summed E-state index contributed by atoms with van der Waals surface area (Å²) in [4.78, 5) is 23.9. The molecular formula is C18H15F2NO3. The van der Waals surface area contributed by atoms with Crippen molar-refractivity contribution in [1.29, 1.82) is 5.26 Å². The highest BCUT2D eigenvalue weighted by Gasteiger charge is 2.46. The molecule has 124 valence electrons. The predicted molar refractivity (Wildman–Crippen MR) is 80.9 cm³/mol. The van der Waals surface area contributed by atoms with Crippen molar-refractivity contribution in [2.45, 2.75) is 38.3 Å². The number of halogens is 2. The van der Waals surface area contributed by atoms with Crippen molar-refractivity contribution in [2.24, 2.45) is 5.92 Å². The molecule has 1 aromatic rings. The fourth-order valence-electron chi connectivity index (χ4n) is 3.49. The Morgan fingerprint density at radius 1 is 1.46 bits per heavy atom. The molecule has 2 aliphatic rings. The van der Waals surface area contributed by atoms with Gasteiger partial charge in [-0.05, 0) is 49.7 Å². The monoisotopic (exact) mass is 331 g/mol. The van der Waals surface area contributed by atoms with Crippen molar-refractivity contribution in [3.05, 3.63) is 45.8 Å². The van der Waals surface area contributed by atoms with Gasteiger partial charge >= 0.3 is 5.97 Å². The number of carbonyl (C=O) groups excluding carboxylic acids is 1. The number of rotatable bonds is 2. The van der Waals surface area contributed by atoms with Crippen LogP contribution in [0.25, 0.3) is 0 Å². The summed E-state index contributed by atoms with van der Waals surface area (Å²) in [7, 11) is 0. The van der Waals surface area contributed by atoms with Crippen molar-refractivity contribution < 1.29 is 23.5 Å². The summed E-state index contributed by atoms with van der Waals surface area (Å²) in [5, 5.41) is 18.7. The number of benzene rings is 1. The van der Waals surface area contributed by atoms with E-state index in [1.807, 2.05) is 6.07 Å². The number of carbonyl (C=O) groups is 2. The van der Waals surface area contributed by atoms with Gasteiger partial charge in [0.1, 0.15) is 17.6 Å². The number of carboxylic acid groups (broad SMARTS) is 1. The normalized spacial score (nSPS) is 28.0. The molecule has 1 saturated carbocycles. The molecule has 1 unspecified atom stereocenters. The second-order valence-corrected chi connectivity index (χ2v) is 6.28. The predicted octanol–water partition coefficient (Wildman–Crippen LogP) is 3.43. The van der Waals surface area contributed by atoms with Crippen LogP contribution in [0.2, 0.25) is 0 Å². The molecule has 3 atom stereocenters. The number of Topliss-reactive ketones (excluding diaryl/α,β-unsaturated/α-hetero) is 1. The van der Waals surface area contributed by atoms with Crippen molar-refractivity contribution in [2.75, 3.05) is 0 Å². The Morgan fingerprint density at radius 2 is 2.12 bits per heavy atom. The van der Waals surface area contributed by atoms with Crippen LogP contribution in [0.5, 0.6) is 0 Å². The fraction of sp³-hybridized carbons (Fsp3) is 0.389. The van der Waals surface area contributed by atoms with Crippen LogP contribution in [0.15, 0.2) is 17.7 Å². The van der Waals surface area contributed by atoms with E-state index in [4.69, 9.17) is 0 Å². The van der Waals surface area contributed by atoms with Crippen LogP contribution in [0.4, 0.5) is 8.78 Å². The molecule has 0 bridgehead atoms. The number of aliphatic carboxylic acids is 1.